The molecule has 2 N–H and O–H groups in total. The zero-order valence-electron chi connectivity index (χ0n) is 8.04. The predicted molar refractivity (Wildman–Crippen MR) is 55.2 cm³/mol. The Morgan fingerprint density at radius 1 is 1.62 bits per heavy atom. The summed E-state index contributed by atoms with van der Waals surface area (Å²) >= 11 is 3.27. The molecule has 74 valence electrons. The van der Waals surface area contributed by atoms with Crippen molar-refractivity contribution in [3.05, 3.63) is 10.7 Å². The van der Waals surface area contributed by atoms with Crippen LogP contribution in [0.1, 0.15) is 20.8 Å². The van der Waals surface area contributed by atoms with Gasteiger partial charge in [0.2, 0.25) is 0 Å². The molecule has 13 heavy (non-hydrogen) atoms. The summed E-state index contributed by atoms with van der Waals surface area (Å²) in [4.78, 5) is 0. The molecule has 0 saturated heterocycles. The van der Waals surface area contributed by atoms with E-state index in [2.05, 4.69) is 21.0 Å². The van der Waals surface area contributed by atoms with Gasteiger partial charge in [0, 0.05) is 6.20 Å². The van der Waals surface area contributed by atoms with Crippen LogP contribution < -0.4 is 5.73 Å². The summed E-state index contributed by atoms with van der Waals surface area (Å²) in [5, 5.41) is 4.04. The lowest BCUT2D eigenvalue weighted by Gasteiger charge is -2.19. The molecule has 0 aliphatic heterocycles. The summed E-state index contributed by atoms with van der Waals surface area (Å²) in [6.07, 6.45) is 1.79. The molecule has 4 nitrogen and oxygen atoms in total. The van der Waals surface area contributed by atoms with Gasteiger partial charge in [0.25, 0.3) is 0 Å². The van der Waals surface area contributed by atoms with Crippen molar-refractivity contribution in [2.75, 3.05) is 5.73 Å². The largest absolute Gasteiger partial charge is 0.381 e. The van der Waals surface area contributed by atoms with Crippen LogP contribution >= 0.6 is 15.9 Å². The second-order valence-electron chi connectivity index (χ2n) is 3.79. The first kappa shape index (κ1) is 10.5. The molecule has 0 spiro atoms. The number of nitrogen functional groups attached to an aromatic ring is 1. The molecular formula is C8H14BrN3O. The number of hydrogen-bond acceptors (Lipinski definition) is 3. The van der Waals surface area contributed by atoms with Crippen LogP contribution in [0.15, 0.2) is 10.7 Å². The fourth-order valence-electron chi connectivity index (χ4n) is 0.738. The normalized spacial score (nSPS) is 12.0. The number of halogens is 1. The van der Waals surface area contributed by atoms with Gasteiger partial charge in [-0.1, -0.05) is 0 Å². The van der Waals surface area contributed by atoms with Crippen molar-refractivity contribution in [3.8, 4) is 0 Å². The van der Waals surface area contributed by atoms with Crippen molar-refractivity contribution in [3.63, 3.8) is 0 Å². The van der Waals surface area contributed by atoms with E-state index >= 15 is 0 Å². The fraction of sp³-hybridized carbons (Fsp3) is 0.625. The third-order valence-electron chi connectivity index (χ3n) is 1.37. The van der Waals surface area contributed by atoms with E-state index in [9.17, 15) is 0 Å². The molecule has 1 aromatic rings. The Morgan fingerprint density at radius 2 is 2.23 bits per heavy atom. The van der Waals surface area contributed by atoms with E-state index in [4.69, 9.17) is 10.5 Å². The Balaban J connectivity index is 2.56. The molecule has 0 saturated carbocycles. The average Bonchev–Trinajstić information content (AvgIpc) is 2.27. The fourth-order valence-corrected chi connectivity index (χ4v) is 1.05. The van der Waals surface area contributed by atoms with Crippen molar-refractivity contribution in [1.82, 2.24) is 9.78 Å². The lowest BCUT2D eigenvalue weighted by atomic mass is 10.2. The number of nitrogens with two attached hydrogens (primary N) is 1. The van der Waals surface area contributed by atoms with Crippen molar-refractivity contribution in [2.24, 2.45) is 0 Å². The monoisotopic (exact) mass is 247 g/mol. The number of nitrogens with zero attached hydrogens (tertiary/aromatic N) is 2. The average molecular weight is 248 g/mol. The number of aromatic nitrogens is 2. The Bertz CT molecular complexity index is 271. The molecule has 0 aliphatic rings. The minimum absolute atomic E-state index is 0.160. The summed E-state index contributed by atoms with van der Waals surface area (Å²) in [7, 11) is 0. The minimum atomic E-state index is -0.160. The van der Waals surface area contributed by atoms with Gasteiger partial charge in [0.05, 0.1) is 10.1 Å². The van der Waals surface area contributed by atoms with Crippen LogP contribution in [0.25, 0.3) is 0 Å². The molecule has 5 heteroatoms. The van der Waals surface area contributed by atoms with Gasteiger partial charge in [0.15, 0.2) is 5.82 Å². The van der Waals surface area contributed by atoms with Gasteiger partial charge in [0.1, 0.15) is 6.73 Å². The summed E-state index contributed by atoms with van der Waals surface area (Å²) in [6, 6.07) is 0. The van der Waals surface area contributed by atoms with Crippen molar-refractivity contribution >= 4 is 21.7 Å². The van der Waals surface area contributed by atoms with Crippen LogP contribution in [0, 0.1) is 0 Å². The van der Waals surface area contributed by atoms with Gasteiger partial charge in [-0.3, -0.25) is 0 Å². The quantitative estimate of drug-likeness (QED) is 0.870. The number of hydrogen-bond donors (Lipinski definition) is 1. The Labute approximate surface area is 86.2 Å². The van der Waals surface area contributed by atoms with Gasteiger partial charge in [-0.05, 0) is 36.7 Å². The third kappa shape index (κ3) is 3.36. The maximum absolute atomic E-state index is 5.55. The van der Waals surface area contributed by atoms with Crippen LogP contribution in [0.3, 0.4) is 0 Å². The van der Waals surface area contributed by atoms with Gasteiger partial charge >= 0.3 is 0 Å². The van der Waals surface area contributed by atoms with Crippen LogP contribution in [0.2, 0.25) is 0 Å². The summed E-state index contributed by atoms with van der Waals surface area (Å²) < 4.78 is 7.96. The van der Waals surface area contributed by atoms with Gasteiger partial charge in [-0.25, -0.2) is 4.68 Å². The molecule has 1 rings (SSSR count). The molecule has 0 aromatic carbocycles. The smallest absolute Gasteiger partial charge is 0.159 e. The summed E-state index contributed by atoms with van der Waals surface area (Å²) in [5.41, 5.74) is 5.39. The van der Waals surface area contributed by atoms with E-state index in [1.54, 1.807) is 10.9 Å². The van der Waals surface area contributed by atoms with E-state index in [0.717, 1.165) is 4.47 Å². The first-order valence-corrected chi connectivity index (χ1v) is 4.80. The number of rotatable bonds is 2. The van der Waals surface area contributed by atoms with Crippen molar-refractivity contribution < 1.29 is 4.74 Å². The molecule has 0 amide bonds. The lowest BCUT2D eigenvalue weighted by Crippen LogP contribution is -2.21. The van der Waals surface area contributed by atoms with E-state index in [1.165, 1.54) is 0 Å². The third-order valence-corrected chi connectivity index (χ3v) is 1.98. The molecule has 0 fully saturated rings. The second-order valence-corrected chi connectivity index (χ2v) is 4.64. The van der Waals surface area contributed by atoms with Crippen molar-refractivity contribution in [1.29, 1.82) is 0 Å². The highest BCUT2D eigenvalue weighted by Crippen LogP contribution is 2.17. The zero-order chi connectivity index (χ0) is 10.1. The predicted octanol–water partition coefficient (Wildman–Crippen LogP) is 2.00. The van der Waals surface area contributed by atoms with Crippen LogP contribution in [-0.2, 0) is 11.5 Å². The maximum Gasteiger partial charge on any atom is 0.159 e. The minimum Gasteiger partial charge on any atom is -0.381 e. The molecule has 0 radical (unpaired) electrons. The zero-order valence-corrected chi connectivity index (χ0v) is 9.63. The maximum atomic E-state index is 5.55. The molecule has 0 atom stereocenters. The molecular weight excluding hydrogens is 234 g/mol. The molecule has 1 aromatic heterocycles. The first-order chi connectivity index (χ1) is 5.88. The van der Waals surface area contributed by atoms with Crippen LogP contribution in [0.4, 0.5) is 5.82 Å². The molecule has 0 aliphatic carbocycles. The molecule has 1 heterocycles. The van der Waals surface area contributed by atoms with E-state index < -0.39 is 0 Å². The number of anilines is 1. The highest BCUT2D eigenvalue weighted by atomic mass is 79.9. The summed E-state index contributed by atoms with van der Waals surface area (Å²) in [6.45, 7) is 6.40. The van der Waals surface area contributed by atoms with E-state index in [-0.39, 0.29) is 5.60 Å². The molecule has 0 unspecified atom stereocenters. The Morgan fingerprint density at radius 3 is 2.62 bits per heavy atom. The van der Waals surface area contributed by atoms with Crippen molar-refractivity contribution in [2.45, 2.75) is 33.1 Å². The van der Waals surface area contributed by atoms with Crippen LogP contribution in [0.5, 0.6) is 0 Å². The Hall–Kier alpha value is -0.550. The SMILES string of the molecule is CC(C)(C)OCn1cc(Br)c(N)n1. The Kier molecular flexibility index (Phi) is 2.98. The highest BCUT2D eigenvalue weighted by molar-refractivity contribution is 9.10. The van der Waals surface area contributed by atoms with E-state index in [1.807, 2.05) is 20.8 Å². The molecule has 0 bridgehead atoms. The van der Waals surface area contributed by atoms with Gasteiger partial charge in [-0.2, -0.15) is 5.10 Å². The standard InChI is InChI=1S/C8H14BrN3O/c1-8(2,3)13-5-12-4-6(9)7(10)11-12/h4H,5H2,1-3H3,(H2,10,11). The topological polar surface area (TPSA) is 53.1 Å². The first-order valence-electron chi connectivity index (χ1n) is 4.01. The highest BCUT2D eigenvalue weighted by Gasteiger charge is 2.10. The van der Waals surface area contributed by atoms with Gasteiger partial charge in [-0.15, -0.1) is 0 Å². The lowest BCUT2D eigenvalue weighted by molar-refractivity contribution is -0.0478. The van der Waals surface area contributed by atoms with E-state index in [0.29, 0.717) is 12.5 Å². The summed E-state index contributed by atoms with van der Waals surface area (Å²) in [5.74, 6) is 0.484. The van der Waals surface area contributed by atoms with Gasteiger partial charge < -0.3 is 10.5 Å². The number of ether oxygens (including phenoxy) is 1. The van der Waals surface area contributed by atoms with Crippen LogP contribution in [-0.4, -0.2) is 15.4 Å². The second kappa shape index (κ2) is 3.67.